The molecule has 1 saturated heterocycles. The van der Waals surface area contributed by atoms with E-state index in [0.29, 0.717) is 12.5 Å². The zero-order chi connectivity index (χ0) is 12.8. The zero-order valence-corrected chi connectivity index (χ0v) is 12.9. The molecule has 1 saturated carbocycles. The third-order valence-electron chi connectivity index (χ3n) is 4.52. The van der Waals surface area contributed by atoms with Gasteiger partial charge in [0.2, 0.25) is 5.91 Å². The lowest BCUT2D eigenvalue weighted by Crippen LogP contribution is -2.32. The first-order valence-corrected chi connectivity index (χ1v) is 7.74. The summed E-state index contributed by atoms with van der Waals surface area (Å²) in [6.45, 7) is 4.37. The van der Waals surface area contributed by atoms with E-state index in [2.05, 4.69) is 17.6 Å². The fourth-order valence-corrected chi connectivity index (χ4v) is 3.40. The minimum Gasteiger partial charge on any atom is -0.356 e. The molecule has 112 valence electrons. The number of nitrogens with one attached hydrogen (secondary N) is 2. The third-order valence-corrected chi connectivity index (χ3v) is 4.52. The predicted molar refractivity (Wildman–Crippen MR) is 81.6 cm³/mol. The van der Waals surface area contributed by atoms with Gasteiger partial charge in [0.05, 0.1) is 0 Å². The van der Waals surface area contributed by atoms with Crippen LogP contribution in [-0.2, 0) is 4.79 Å². The maximum atomic E-state index is 11.8. The zero-order valence-electron chi connectivity index (χ0n) is 12.1. The van der Waals surface area contributed by atoms with Crippen LogP contribution in [0, 0.1) is 11.8 Å². The van der Waals surface area contributed by atoms with Crippen LogP contribution in [0.2, 0.25) is 0 Å². The maximum absolute atomic E-state index is 11.8. The summed E-state index contributed by atoms with van der Waals surface area (Å²) in [6, 6.07) is 0.588. The highest BCUT2D eigenvalue weighted by Crippen LogP contribution is 2.27. The fourth-order valence-electron chi connectivity index (χ4n) is 3.40. The van der Waals surface area contributed by atoms with Gasteiger partial charge in [0.1, 0.15) is 0 Å². The van der Waals surface area contributed by atoms with E-state index in [-0.39, 0.29) is 18.3 Å². The Kier molecular flexibility index (Phi) is 7.77. The summed E-state index contributed by atoms with van der Waals surface area (Å²) in [6.07, 6.45) is 9.53. The molecule has 0 radical (unpaired) electrons. The number of hydrogen-bond acceptors (Lipinski definition) is 2. The number of carbonyl (C=O) groups is 1. The van der Waals surface area contributed by atoms with Gasteiger partial charge >= 0.3 is 0 Å². The van der Waals surface area contributed by atoms with Crippen LogP contribution < -0.4 is 10.6 Å². The molecule has 0 aromatic rings. The van der Waals surface area contributed by atoms with Crippen LogP contribution in [-0.4, -0.2) is 25.0 Å². The molecule has 1 aliphatic carbocycles. The molecule has 19 heavy (non-hydrogen) atoms. The second kappa shape index (κ2) is 8.80. The van der Waals surface area contributed by atoms with E-state index in [1.807, 2.05) is 0 Å². The van der Waals surface area contributed by atoms with E-state index in [1.54, 1.807) is 0 Å². The molecule has 2 aliphatic rings. The van der Waals surface area contributed by atoms with Gasteiger partial charge in [-0.1, -0.05) is 19.8 Å². The molecule has 2 fully saturated rings. The standard InChI is InChI=1S/C15H28N2O.ClH/c1-12-4-2-5-13(10-12)11-17-15(18)8-7-14-6-3-9-16-14;/h12-14,16H,2-11H2,1H3,(H,17,18);1H. The highest BCUT2D eigenvalue weighted by atomic mass is 35.5. The van der Waals surface area contributed by atoms with Crippen LogP contribution in [0.5, 0.6) is 0 Å². The van der Waals surface area contributed by atoms with Crippen LogP contribution in [0.25, 0.3) is 0 Å². The number of halogens is 1. The average Bonchev–Trinajstić information content (AvgIpc) is 2.87. The van der Waals surface area contributed by atoms with E-state index in [0.717, 1.165) is 31.3 Å². The summed E-state index contributed by atoms with van der Waals surface area (Å²) in [7, 11) is 0. The lowest BCUT2D eigenvalue weighted by molar-refractivity contribution is -0.121. The van der Waals surface area contributed by atoms with Crippen molar-refractivity contribution in [3.8, 4) is 0 Å². The second-order valence-corrected chi connectivity index (χ2v) is 6.27. The van der Waals surface area contributed by atoms with Gasteiger partial charge in [-0.3, -0.25) is 4.79 Å². The van der Waals surface area contributed by atoms with Crippen molar-refractivity contribution in [3.05, 3.63) is 0 Å². The Morgan fingerprint density at radius 3 is 2.79 bits per heavy atom. The molecule has 1 aliphatic heterocycles. The lowest BCUT2D eigenvalue weighted by Gasteiger charge is -2.26. The van der Waals surface area contributed by atoms with Gasteiger partial charge in [-0.05, 0) is 50.5 Å². The summed E-state index contributed by atoms with van der Waals surface area (Å²) in [5, 5.41) is 6.57. The third kappa shape index (κ3) is 6.13. The summed E-state index contributed by atoms with van der Waals surface area (Å²) in [5.74, 6) is 1.83. The number of hydrogen-bond donors (Lipinski definition) is 2. The molecule has 1 heterocycles. The summed E-state index contributed by atoms with van der Waals surface area (Å²) < 4.78 is 0. The quantitative estimate of drug-likeness (QED) is 0.817. The van der Waals surface area contributed by atoms with Gasteiger partial charge in [0.15, 0.2) is 0 Å². The summed E-state index contributed by atoms with van der Waals surface area (Å²) in [5.41, 5.74) is 0. The molecule has 0 spiro atoms. The van der Waals surface area contributed by atoms with Gasteiger partial charge in [-0.2, -0.15) is 0 Å². The smallest absolute Gasteiger partial charge is 0.220 e. The molecule has 3 nitrogen and oxygen atoms in total. The SMILES string of the molecule is CC1CCCC(CNC(=O)CCC2CCCN2)C1.Cl. The van der Waals surface area contributed by atoms with Gasteiger partial charge in [0.25, 0.3) is 0 Å². The number of carbonyl (C=O) groups excluding carboxylic acids is 1. The molecule has 1 amide bonds. The molecule has 0 aromatic heterocycles. The van der Waals surface area contributed by atoms with Crippen molar-refractivity contribution in [1.29, 1.82) is 0 Å². The molecule has 2 rings (SSSR count). The van der Waals surface area contributed by atoms with Crippen LogP contribution in [0.15, 0.2) is 0 Å². The first-order chi connectivity index (χ1) is 8.74. The van der Waals surface area contributed by atoms with E-state index in [1.165, 1.54) is 38.5 Å². The molecule has 2 N–H and O–H groups in total. The Hall–Kier alpha value is -0.280. The molecular formula is C15H29ClN2O. The van der Waals surface area contributed by atoms with E-state index in [9.17, 15) is 4.79 Å². The first-order valence-electron chi connectivity index (χ1n) is 7.74. The van der Waals surface area contributed by atoms with Crippen molar-refractivity contribution in [3.63, 3.8) is 0 Å². The van der Waals surface area contributed by atoms with E-state index in [4.69, 9.17) is 0 Å². The normalized spacial score (nSPS) is 30.7. The van der Waals surface area contributed by atoms with Gasteiger partial charge < -0.3 is 10.6 Å². The Morgan fingerprint density at radius 2 is 2.11 bits per heavy atom. The maximum Gasteiger partial charge on any atom is 0.220 e. The molecule has 0 aromatic carbocycles. The van der Waals surface area contributed by atoms with Gasteiger partial charge in [-0.25, -0.2) is 0 Å². The largest absolute Gasteiger partial charge is 0.356 e. The topological polar surface area (TPSA) is 41.1 Å². The fraction of sp³-hybridized carbons (Fsp3) is 0.933. The Balaban J connectivity index is 0.00000180. The Labute approximate surface area is 123 Å². The first kappa shape index (κ1) is 16.8. The summed E-state index contributed by atoms with van der Waals surface area (Å²) >= 11 is 0. The molecule has 0 bridgehead atoms. The van der Waals surface area contributed by atoms with Crippen molar-refractivity contribution in [2.45, 2.75) is 64.3 Å². The monoisotopic (exact) mass is 288 g/mol. The number of rotatable bonds is 5. The van der Waals surface area contributed by atoms with Crippen molar-refractivity contribution >= 4 is 18.3 Å². The van der Waals surface area contributed by atoms with Crippen molar-refractivity contribution < 1.29 is 4.79 Å². The van der Waals surface area contributed by atoms with Crippen molar-refractivity contribution in [2.24, 2.45) is 11.8 Å². The van der Waals surface area contributed by atoms with Crippen LogP contribution in [0.1, 0.15) is 58.3 Å². The average molecular weight is 289 g/mol. The minimum absolute atomic E-state index is 0. The minimum atomic E-state index is 0. The van der Waals surface area contributed by atoms with Crippen molar-refractivity contribution in [2.75, 3.05) is 13.1 Å². The highest BCUT2D eigenvalue weighted by Gasteiger charge is 2.20. The van der Waals surface area contributed by atoms with Crippen LogP contribution >= 0.6 is 12.4 Å². The molecule has 3 unspecified atom stereocenters. The van der Waals surface area contributed by atoms with E-state index < -0.39 is 0 Å². The highest BCUT2D eigenvalue weighted by molar-refractivity contribution is 5.85. The van der Waals surface area contributed by atoms with Crippen LogP contribution in [0.3, 0.4) is 0 Å². The lowest BCUT2D eigenvalue weighted by atomic mass is 9.82. The van der Waals surface area contributed by atoms with E-state index >= 15 is 0 Å². The van der Waals surface area contributed by atoms with Gasteiger partial charge in [-0.15, -0.1) is 12.4 Å². The molecule has 3 atom stereocenters. The Bertz CT molecular complexity index is 267. The Morgan fingerprint density at radius 1 is 1.26 bits per heavy atom. The molecule has 4 heteroatoms. The summed E-state index contributed by atoms with van der Waals surface area (Å²) in [4.78, 5) is 11.8. The van der Waals surface area contributed by atoms with Crippen LogP contribution in [0.4, 0.5) is 0 Å². The second-order valence-electron chi connectivity index (χ2n) is 6.27. The predicted octanol–water partition coefficient (Wildman–Crippen LogP) is 2.88. The molecular weight excluding hydrogens is 260 g/mol. The van der Waals surface area contributed by atoms with Crippen molar-refractivity contribution in [1.82, 2.24) is 10.6 Å². The number of amides is 1. The van der Waals surface area contributed by atoms with Gasteiger partial charge in [0, 0.05) is 19.0 Å².